The molecular formula is C20H28N2O4. The fraction of sp³-hybridized carbons (Fsp3) is 0.600. The number of ether oxygens (including phenoxy) is 2. The molecular weight excluding hydrogens is 332 g/mol. The first-order chi connectivity index (χ1) is 12.6. The van der Waals surface area contributed by atoms with E-state index in [1.807, 2.05) is 9.80 Å². The number of nitrogens with zero attached hydrogens (tertiary/aromatic N) is 2. The average Bonchev–Trinajstić information content (AvgIpc) is 3.11. The number of hydrogen-bond acceptors (Lipinski definition) is 4. The third kappa shape index (κ3) is 3.94. The average molecular weight is 360 g/mol. The normalized spacial score (nSPS) is 18.5. The number of rotatable bonds is 4. The van der Waals surface area contributed by atoms with Crippen molar-refractivity contribution in [3.8, 4) is 11.5 Å². The fourth-order valence-corrected chi connectivity index (χ4v) is 3.92. The van der Waals surface area contributed by atoms with Crippen LogP contribution in [0, 0.1) is 5.92 Å². The van der Waals surface area contributed by atoms with Crippen LogP contribution < -0.4 is 9.47 Å². The Morgan fingerprint density at radius 2 is 1.62 bits per heavy atom. The van der Waals surface area contributed by atoms with Gasteiger partial charge in [-0.3, -0.25) is 9.59 Å². The SMILES string of the molecule is COc1ccc(C(=O)N2CCCN(C(=O)C3CCCC3)CC2)c(OC)c1. The van der Waals surface area contributed by atoms with E-state index in [-0.39, 0.29) is 17.7 Å². The second-order valence-electron chi connectivity index (χ2n) is 7.02. The summed E-state index contributed by atoms with van der Waals surface area (Å²) < 4.78 is 10.6. The topological polar surface area (TPSA) is 59.1 Å². The molecule has 0 radical (unpaired) electrons. The van der Waals surface area contributed by atoms with Crippen molar-refractivity contribution in [2.75, 3.05) is 40.4 Å². The summed E-state index contributed by atoms with van der Waals surface area (Å²) in [6.45, 7) is 2.56. The first kappa shape index (κ1) is 18.5. The third-order valence-electron chi connectivity index (χ3n) is 5.44. The van der Waals surface area contributed by atoms with Gasteiger partial charge in [0.2, 0.25) is 5.91 Å². The predicted octanol–water partition coefficient (Wildman–Crippen LogP) is 2.57. The van der Waals surface area contributed by atoms with Crippen LogP contribution in [0.5, 0.6) is 11.5 Å². The van der Waals surface area contributed by atoms with Crippen LogP contribution in [0.3, 0.4) is 0 Å². The molecule has 1 aromatic rings. The van der Waals surface area contributed by atoms with Crippen LogP contribution in [0.1, 0.15) is 42.5 Å². The molecule has 2 amide bonds. The predicted molar refractivity (Wildman–Crippen MR) is 98.6 cm³/mol. The second-order valence-corrected chi connectivity index (χ2v) is 7.02. The lowest BCUT2D eigenvalue weighted by molar-refractivity contribution is -0.135. The van der Waals surface area contributed by atoms with E-state index < -0.39 is 0 Å². The molecule has 3 rings (SSSR count). The molecule has 1 heterocycles. The lowest BCUT2D eigenvalue weighted by Gasteiger charge is -2.25. The van der Waals surface area contributed by atoms with Crippen LogP contribution in [0.25, 0.3) is 0 Å². The van der Waals surface area contributed by atoms with Gasteiger partial charge in [0.25, 0.3) is 5.91 Å². The molecule has 0 spiro atoms. The summed E-state index contributed by atoms with van der Waals surface area (Å²) in [7, 11) is 3.14. The van der Waals surface area contributed by atoms with E-state index in [2.05, 4.69) is 0 Å². The Kier molecular flexibility index (Phi) is 6.01. The molecule has 1 aromatic carbocycles. The number of carbonyl (C=O) groups is 2. The molecule has 0 N–H and O–H groups in total. The van der Waals surface area contributed by atoms with Crippen LogP contribution in [0.2, 0.25) is 0 Å². The lowest BCUT2D eigenvalue weighted by atomic mass is 10.1. The third-order valence-corrected chi connectivity index (χ3v) is 5.44. The van der Waals surface area contributed by atoms with Crippen molar-refractivity contribution in [2.45, 2.75) is 32.1 Å². The molecule has 26 heavy (non-hydrogen) atoms. The minimum Gasteiger partial charge on any atom is -0.497 e. The summed E-state index contributed by atoms with van der Waals surface area (Å²) in [6.07, 6.45) is 5.16. The molecule has 0 unspecified atom stereocenters. The molecule has 1 aliphatic heterocycles. The standard InChI is InChI=1S/C20H28N2O4/c1-25-16-8-9-17(18(14-16)26-2)20(24)22-11-5-10-21(12-13-22)19(23)15-6-3-4-7-15/h8-9,14-15H,3-7,10-13H2,1-2H3. The van der Waals surface area contributed by atoms with Crippen LogP contribution in [0.15, 0.2) is 18.2 Å². The highest BCUT2D eigenvalue weighted by molar-refractivity contribution is 5.97. The van der Waals surface area contributed by atoms with Crippen molar-refractivity contribution >= 4 is 11.8 Å². The van der Waals surface area contributed by atoms with Crippen molar-refractivity contribution in [3.05, 3.63) is 23.8 Å². The summed E-state index contributed by atoms with van der Waals surface area (Å²) >= 11 is 0. The van der Waals surface area contributed by atoms with Crippen molar-refractivity contribution < 1.29 is 19.1 Å². The zero-order chi connectivity index (χ0) is 18.5. The van der Waals surface area contributed by atoms with Gasteiger partial charge in [0, 0.05) is 38.2 Å². The molecule has 0 aromatic heterocycles. The molecule has 0 bridgehead atoms. The summed E-state index contributed by atoms with van der Waals surface area (Å²) in [4.78, 5) is 29.4. The van der Waals surface area contributed by atoms with Gasteiger partial charge in [0.15, 0.2) is 0 Å². The molecule has 0 atom stereocenters. The van der Waals surface area contributed by atoms with Gasteiger partial charge in [-0.15, -0.1) is 0 Å². The zero-order valence-corrected chi connectivity index (χ0v) is 15.7. The van der Waals surface area contributed by atoms with Crippen LogP contribution in [-0.2, 0) is 4.79 Å². The monoisotopic (exact) mass is 360 g/mol. The van der Waals surface area contributed by atoms with Crippen molar-refractivity contribution in [2.24, 2.45) is 5.92 Å². The maximum atomic E-state index is 13.0. The van der Waals surface area contributed by atoms with Crippen LogP contribution in [0.4, 0.5) is 0 Å². The minimum atomic E-state index is -0.0559. The van der Waals surface area contributed by atoms with Crippen molar-refractivity contribution in [1.29, 1.82) is 0 Å². The van der Waals surface area contributed by atoms with Crippen molar-refractivity contribution in [1.82, 2.24) is 9.80 Å². The molecule has 1 saturated carbocycles. The highest BCUT2D eigenvalue weighted by Crippen LogP contribution is 2.28. The van der Waals surface area contributed by atoms with Crippen LogP contribution in [-0.4, -0.2) is 62.0 Å². The molecule has 6 heteroatoms. The molecule has 2 aliphatic rings. The van der Waals surface area contributed by atoms with E-state index in [4.69, 9.17) is 9.47 Å². The van der Waals surface area contributed by atoms with Crippen LogP contribution >= 0.6 is 0 Å². The highest BCUT2D eigenvalue weighted by Gasteiger charge is 2.30. The Labute approximate surface area is 155 Å². The Bertz CT molecular complexity index is 655. The van der Waals surface area contributed by atoms with Gasteiger partial charge in [-0.05, 0) is 31.4 Å². The Morgan fingerprint density at radius 1 is 0.923 bits per heavy atom. The fourth-order valence-electron chi connectivity index (χ4n) is 3.92. The van der Waals surface area contributed by atoms with Crippen molar-refractivity contribution in [3.63, 3.8) is 0 Å². The van der Waals surface area contributed by atoms with E-state index in [9.17, 15) is 9.59 Å². The Hall–Kier alpha value is -2.24. The Morgan fingerprint density at radius 3 is 2.31 bits per heavy atom. The molecule has 1 saturated heterocycles. The van der Waals surface area contributed by atoms with E-state index in [1.165, 1.54) is 0 Å². The Balaban J connectivity index is 1.67. The van der Waals surface area contributed by atoms with E-state index in [0.29, 0.717) is 36.7 Å². The van der Waals surface area contributed by atoms with E-state index >= 15 is 0 Å². The number of carbonyl (C=O) groups excluding carboxylic acids is 2. The quantitative estimate of drug-likeness (QED) is 0.828. The number of benzene rings is 1. The van der Waals surface area contributed by atoms with Gasteiger partial charge in [-0.25, -0.2) is 0 Å². The smallest absolute Gasteiger partial charge is 0.257 e. The zero-order valence-electron chi connectivity index (χ0n) is 15.7. The maximum Gasteiger partial charge on any atom is 0.257 e. The molecule has 2 fully saturated rings. The number of amides is 2. The molecule has 142 valence electrons. The molecule has 1 aliphatic carbocycles. The summed E-state index contributed by atoms with van der Waals surface area (Å²) in [6, 6.07) is 5.23. The second kappa shape index (κ2) is 8.43. The van der Waals surface area contributed by atoms with Gasteiger partial charge < -0.3 is 19.3 Å². The molecule has 6 nitrogen and oxygen atoms in total. The van der Waals surface area contributed by atoms with E-state index in [1.54, 1.807) is 32.4 Å². The number of methoxy groups -OCH3 is 2. The van der Waals surface area contributed by atoms with Gasteiger partial charge >= 0.3 is 0 Å². The summed E-state index contributed by atoms with van der Waals surface area (Å²) in [5, 5.41) is 0. The maximum absolute atomic E-state index is 13.0. The lowest BCUT2D eigenvalue weighted by Crippen LogP contribution is -2.39. The number of hydrogen-bond donors (Lipinski definition) is 0. The van der Waals surface area contributed by atoms with Gasteiger partial charge in [0.1, 0.15) is 11.5 Å². The first-order valence-corrected chi connectivity index (χ1v) is 9.44. The highest BCUT2D eigenvalue weighted by atomic mass is 16.5. The van der Waals surface area contributed by atoms with E-state index in [0.717, 1.165) is 38.6 Å². The minimum absolute atomic E-state index is 0.0559. The van der Waals surface area contributed by atoms with Gasteiger partial charge in [-0.1, -0.05) is 12.8 Å². The first-order valence-electron chi connectivity index (χ1n) is 9.44. The largest absolute Gasteiger partial charge is 0.497 e. The summed E-state index contributed by atoms with van der Waals surface area (Å²) in [5.41, 5.74) is 0.531. The summed E-state index contributed by atoms with van der Waals surface area (Å²) in [5.74, 6) is 1.58. The van der Waals surface area contributed by atoms with Gasteiger partial charge in [0.05, 0.1) is 19.8 Å². The van der Waals surface area contributed by atoms with Gasteiger partial charge in [-0.2, -0.15) is 0 Å².